The summed E-state index contributed by atoms with van der Waals surface area (Å²) in [5.41, 5.74) is 6.20. The Kier molecular flexibility index (Phi) is 1.48. The van der Waals surface area contributed by atoms with Crippen LogP contribution in [0.2, 0.25) is 0 Å². The van der Waals surface area contributed by atoms with Gasteiger partial charge in [0.2, 0.25) is 0 Å². The van der Waals surface area contributed by atoms with Crippen LogP contribution in [0, 0.1) is 5.21 Å². The molecule has 0 atom stereocenters. The summed E-state index contributed by atoms with van der Waals surface area (Å²) >= 11 is 0. The molecule has 0 amide bonds. The Morgan fingerprint density at radius 2 is 2.00 bits per heavy atom. The van der Waals surface area contributed by atoms with Crippen LogP contribution in [0.25, 0.3) is 10.8 Å². The lowest BCUT2D eigenvalue weighted by Gasteiger charge is -2.03. The molecule has 0 saturated carbocycles. The molecule has 0 saturated heterocycles. The van der Waals surface area contributed by atoms with E-state index < -0.39 is 0 Å². The second kappa shape index (κ2) is 2.52. The molecule has 13 heavy (non-hydrogen) atoms. The normalized spacial score (nSPS) is 10.5. The minimum atomic E-state index is 0.0643. The molecular formula is C9H8N2O2. The van der Waals surface area contributed by atoms with Crippen molar-refractivity contribution in [2.45, 2.75) is 0 Å². The van der Waals surface area contributed by atoms with Crippen molar-refractivity contribution in [2.24, 2.45) is 0 Å². The number of fused-ring (bicyclic) bond motifs is 1. The summed E-state index contributed by atoms with van der Waals surface area (Å²) in [6, 6.07) is 4.65. The molecule has 0 aliphatic carbocycles. The number of phenolic OH excluding ortho intramolecular Hbond substituents is 1. The molecular weight excluding hydrogens is 168 g/mol. The van der Waals surface area contributed by atoms with Crippen molar-refractivity contribution in [2.75, 3.05) is 5.73 Å². The summed E-state index contributed by atoms with van der Waals surface area (Å²) in [5.74, 6) is 0.0643. The van der Waals surface area contributed by atoms with Crippen LogP contribution in [-0.4, -0.2) is 5.11 Å². The average molecular weight is 176 g/mol. The number of phenols is 1. The first-order valence-corrected chi connectivity index (χ1v) is 3.78. The number of nitrogens with zero attached hydrogens (tertiary/aromatic N) is 1. The molecule has 3 N–H and O–H groups in total. The van der Waals surface area contributed by atoms with Crippen molar-refractivity contribution in [1.29, 1.82) is 0 Å². The van der Waals surface area contributed by atoms with Gasteiger partial charge in [0.1, 0.15) is 5.75 Å². The van der Waals surface area contributed by atoms with Gasteiger partial charge in [-0.25, -0.2) is 0 Å². The lowest BCUT2D eigenvalue weighted by atomic mass is 10.1. The van der Waals surface area contributed by atoms with Gasteiger partial charge < -0.3 is 16.0 Å². The molecule has 4 nitrogen and oxygen atoms in total. The van der Waals surface area contributed by atoms with Gasteiger partial charge in [-0.3, -0.25) is 0 Å². The van der Waals surface area contributed by atoms with E-state index in [9.17, 15) is 10.3 Å². The Labute approximate surface area is 74.4 Å². The summed E-state index contributed by atoms with van der Waals surface area (Å²) in [6.45, 7) is 0. The zero-order valence-corrected chi connectivity index (χ0v) is 6.77. The van der Waals surface area contributed by atoms with Crippen LogP contribution >= 0.6 is 0 Å². The molecule has 0 aliphatic rings. The van der Waals surface area contributed by atoms with Gasteiger partial charge in [0.05, 0.1) is 5.39 Å². The van der Waals surface area contributed by atoms with Crippen LogP contribution in [-0.2, 0) is 0 Å². The molecule has 66 valence electrons. The zero-order valence-electron chi connectivity index (χ0n) is 6.77. The molecule has 1 aromatic carbocycles. The predicted molar refractivity (Wildman–Crippen MR) is 49.0 cm³/mol. The van der Waals surface area contributed by atoms with E-state index in [2.05, 4.69) is 0 Å². The van der Waals surface area contributed by atoms with Crippen LogP contribution in [0.1, 0.15) is 0 Å². The maximum Gasteiger partial charge on any atom is 0.191 e. The maximum atomic E-state index is 10.9. The second-order valence-electron chi connectivity index (χ2n) is 2.81. The van der Waals surface area contributed by atoms with Crippen molar-refractivity contribution >= 4 is 16.5 Å². The average Bonchev–Trinajstić information content (AvgIpc) is 2.12. The first-order valence-electron chi connectivity index (χ1n) is 3.78. The van der Waals surface area contributed by atoms with E-state index >= 15 is 0 Å². The third kappa shape index (κ3) is 1.12. The van der Waals surface area contributed by atoms with Crippen molar-refractivity contribution in [3.8, 4) is 5.75 Å². The van der Waals surface area contributed by atoms with Crippen LogP contribution in [0.5, 0.6) is 5.75 Å². The molecule has 0 radical (unpaired) electrons. The van der Waals surface area contributed by atoms with Crippen molar-refractivity contribution in [3.05, 3.63) is 35.8 Å². The van der Waals surface area contributed by atoms with Crippen molar-refractivity contribution < 1.29 is 9.84 Å². The van der Waals surface area contributed by atoms with E-state index in [1.165, 1.54) is 18.5 Å². The number of aromatic nitrogens is 1. The number of aromatic hydroxyl groups is 1. The van der Waals surface area contributed by atoms with Crippen molar-refractivity contribution in [1.82, 2.24) is 0 Å². The molecule has 0 spiro atoms. The topological polar surface area (TPSA) is 73.2 Å². The Morgan fingerprint density at radius 1 is 1.23 bits per heavy atom. The summed E-state index contributed by atoms with van der Waals surface area (Å²) < 4.78 is 0.626. The molecule has 4 heteroatoms. The minimum Gasteiger partial charge on any atom is -0.619 e. The molecule has 0 aliphatic heterocycles. The number of nitrogens with two attached hydrogens (primary N) is 1. The quantitative estimate of drug-likeness (QED) is 0.269. The van der Waals surface area contributed by atoms with Gasteiger partial charge in [-0.1, -0.05) is 0 Å². The van der Waals surface area contributed by atoms with E-state index in [4.69, 9.17) is 5.73 Å². The molecule has 1 heterocycles. The number of pyridine rings is 1. The van der Waals surface area contributed by atoms with Gasteiger partial charge in [0.15, 0.2) is 12.4 Å². The molecule has 2 aromatic rings. The summed E-state index contributed by atoms with van der Waals surface area (Å²) in [7, 11) is 0. The van der Waals surface area contributed by atoms with Gasteiger partial charge in [-0.05, 0) is 12.1 Å². The van der Waals surface area contributed by atoms with Gasteiger partial charge in [-0.2, -0.15) is 4.73 Å². The molecule has 0 bridgehead atoms. The van der Waals surface area contributed by atoms with Crippen molar-refractivity contribution in [3.63, 3.8) is 0 Å². The van der Waals surface area contributed by atoms with E-state index in [-0.39, 0.29) is 5.75 Å². The Balaban J connectivity index is 2.92. The number of benzene rings is 1. The van der Waals surface area contributed by atoms with Gasteiger partial charge in [0, 0.05) is 17.1 Å². The third-order valence-corrected chi connectivity index (χ3v) is 1.94. The Bertz CT molecular complexity index is 468. The Hall–Kier alpha value is -1.97. The highest BCUT2D eigenvalue weighted by Gasteiger charge is 2.05. The number of nitrogen functional groups attached to an aromatic ring is 1. The molecule has 2 rings (SSSR count). The fourth-order valence-corrected chi connectivity index (χ4v) is 1.28. The fraction of sp³-hybridized carbons (Fsp3) is 0. The van der Waals surface area contributed by atoms with Crippen LogP contribution in [0.15, 0.2) is 30.6 Å². The van der Waals surface area contributed by atoms with E-state index in [1.54, 1.807) is 12.1 Å². The van der Waals surface area contributed by atoms with E-state index in [0.717, 1.165) is 0 Å². The maximum absolute atomic E-state index is 10.9. The smallest absolute Gasteiger partial charge is 0.191 e. The standard InChI is InChI=1S/C9H8N2O2/c10-8-1-2-9(12)7-5-11(13)4-3-6(7)8/h1-5,12H,10H2. The van der Waals surface area contributed by atoms with Gasteiger partial charge in [-0.15, -0.1) is 0 Å². The third-order valence-electron chi connectivity index (χ3n) is 1.94. The highest BCUT2D eigenvalue weighted by Crippen LogP contribution is 2.27. The number of hydrogen-bond acceptors (Lipinski definition) is 3. The lowest BCUT2D eigenvalue weighted by molar-refractivity contribution is -0.603. The highest BCUT2D eigenvalue weighted by atomic mass is 16.5. The first-order chi connectivity index (χ1) is 6.18. The van der Waals surface area contributed by atoms with E-state index in [0.29, 0.717) is 21.2 Å². The highest BCUT2D eigenvalue weighted by molar-refractivity contribution is 5.95. The van der Waals surface area contributed by atoms with Gasteiger partial charge >= 0.3 is 0 Å². The summed E-state index contributed by atoms with van der Waals surface area (Å²) in [6.07, 6.45) is 2.64. The van der Waals surface area contributed by atoms with Crippen LogP contribution < -0.4 is 10.5 Å². The predicted octanol–water partition coefficient (Wildman–Crippen LogP) is 0.761. The second-order valence-corrected chi connectivity index (χ2v) is 2.81. The molecule has 1 aromatic heterocycles. The summed E-state index contributed by atoms with van der Waals surface area (Å²) in [5, 5.41) is 21.5. The zero-order chi connectivity index (χ0) is 9.42. The SMILES string of the molecule is Nc1ccc(O)c2c[n+]([O-])ccc12. The van der Waals surface area contributed by atoms with E-state index in [1.807, 2.05) is 0 Å². The summed E-state index contributed by atoms with van der Waals surface area (Å²) in [4.78, 5) is 0. The number of hydrogen-bond donors (Lipinski definition) is 2. The molecule has 0 unspecified atom stereocenters. The monoisotopic (exact) mass is 176 g/mol. The fourth-order valence-electron chi connectivity index (χ4n) is 1.28. The van der Waals surface area contributed by atoms with Crippen LogP contribution in [0.4, 0.5) is 5.69 Å². The van der Waals surface area contributed by atoms with Gasteiger partial charge in [0.25, 0.3) is 0 Å². The number of anilines is 1. The Morgan fingerprint density at radius 3 is 2.77 bits per heavy atom. The first kappa shape index (κ1) is 7.67. The number of rotatable bonds is 0. The largest absolute Gasteiger partial charge is 0.619 e. The van der Waals surface area contributed by atoms with Crippen LogP contribution in [0.3, 0.4) is 0 Å². The minimum absolute atomic E-state index is 0.0643. The molecule has 0 fully saturated rings. The lowest BCUT2D eigenvalue weighted by Crippen LogP contribution is -2.23.